The summed E-state index contributed by atoms with van der Waals surface area (Å²) >= 11 is 12.3. The molecule has 0 bridgehead atoms. The first-order valence-electron chi connectivity index (χ1n) is 10.4. The molecule has 0 fully saturated rings. The monoisotopic (exact) mass is 513 g/mol. The van der Waals surface area contributed by atoms with Gasteiger partial charge in [0, 0.05) is 22.6 Å². The van der Waals surface area contributed by atoms with Crippen LogP contribution in [-0.2, 0) is 26.2 Å². The minimum absolute atomic E-state index is 0.0440. The maximum Gasteiger partial charge on any atom is 0.244 e. The lowest BCUT2D eigenvalue weighted by atomic mass is 10.1. The van der Waals surface area contributed by atoms with E-state index in [1.807, 2.05) is 13.8 Å². The average Bonchev–Trinajstić information content (AvgIpc) is 2.70. The molecule has 0 radical (unpaired) electrons. The molecule has 2 amide bonds. The summed E-state index contributed by atoms with van der Waals surface area (Å²) in [4.78, 5) is 27.5. The third-order valence-electron chi connectivity index (χ3n) is 5.00. The van der Waals surface area contributed by atoms with Crippen LogP contribution in [0.2, 0.25) is 10.0 Å². The number of anilines is 1. The van der Waals surface area contributed by atoms with Crippen molar-refractivity contribution in [1.82, 2.24) is 10.2 Å². The average molecular weight is 514 g/mol. The van der Waals surface area contributed by atoms with E-state index < -0.39 is 28.5 Å². The minimum Gasteiger partial charge on any atom is -0.352 e. The van der Waals surface area contributed by atoms with Crippen molar-refractivity contribution in [2.75, 3.05) is 17.1 Å². The Hall–Kier alpha value is -2.29. The molecule has 0 saturated carbocycles. The van der Waals surface area contributed by atoms with Crippen molar-refractivity contribution in [2.45, 2.75) is 46.3 Å². The van der Waals surface area contributed by atoms with Gasteiger partial charge in [-0.3, -0.25) is 13.9 Å². The first-order chi connectivity index (χ1) is 15.3. The number of halogens is 2. The van der Waals surface area contributed by atoms with E-state index in [0.717, 1.165) is 10.6 Å². The summed E-state index contributed by atoms with van der Waals surface area (Å²) in [5, 5.41) is 3.70. The molecule has 1 atom stereocenters. The zero-order valence-electron chi connectivity index (χ0n) is 19.3. The lowest BCUT2D eigenvalue weighted by Crippen LogP contribution is -2.52. The number of carbonyl (C=O) groups is 2. The Balaban J connectivity index is 2.44. The number of carbonyl (C=O) groups excluding carboxylic acids is 2. The van der Waals surface area contributed by atoms with E-state index in [4.69, 9.17) is 23.2 Å². The number of hydrogen-bond donors (Lipinski definition) is 1. The van der Waals surface area contributed by atoms with Crippen LogP contribution in [0.25, 0.3) is 0 Å². The third-order valence-corrected chi connectivity index (χ3v) is 6.73. The predicted octanol–water partition coefficient (Wildman–Crippen LogP) is 4.01. The van der Waals surface area contributed by atoms with Gasteiger partial charge in [-0.05, 0) is 63.1 Å². The second kappa shape index (κ2) is 11.2. The van der Waals surface area contributed by atoms with E-state index in [9.17, 15) is 18.0 Å². The zero-order chi connectivity index (χ0) is 24.9. The first kappa shape index (κ1) is 27.0. The maximum absolute atomic E-state index is 13.5. The number of nitrogens with one attached hydrogen (secondary N) is 1. The Morgan fingerprint density at radius 1 is 1.06 bits per heavy atom. The molecular weight excluding hydrogens is 485 g/mol. The second-order valence-electron chi connectivity index (χ2n) is 8.15. The van der Waals surface area contributed by atoms with E-state index in [1.165, 1.54) is 4.90 Å². The first-order valence-corrected chi connectivity index (χ1v) is 13.0. The second-order valence-corrected chi connectivity index (χ2v) is 10.9. The molecule has 0 aliphatic carbocycles. The Morgan fingerprint density at radius 3 is 2.24 bits per heavy atom. The molecule has 2 aromatic rings. The molecule has 0 unspecified atom stereocenters. The summed E-state index contributed by atoms with van der Waals surface area (Å²) in [6.45, 7) is 6.52. The van der Waals surface area contributed by atoms with Gasteiger partial charge in [0.2, 0.25) is 21.8 Å². The molecule has 0 spiro atoms. The van der Waals surface area contributed by atoms with Crippen LogP contribution < -0.4 is 9.62 Å². The highest BCUT2D eigenvalue weighted by Gasteiger charge is 2.31. The van der Waals surface area contributed by atoms with Gasteiger partial charge in [0.05, 0.1) is 11.9 Å². The fourth-order valence-corrected chi connectivity index (χ4v) is 4.62. The Bertz CT molecular complexity index is 1120. The normalized spacial score (nSPS) is 12.4. The van der Waals surface area contributed by atoms with Gasteiger partial charge in [0.15, 0.2) is 0 Å². The molecule has 0 heterocycles. The van der Waals surface area contributed by atoms with Gasteiger partial charge in [-0.15, -0.1) is 0 Å². The number of hydrogen-bond acceptors (Lipinski definition) is 4. The van der Waals surface area contributed by atoms with Crippen molar-refractivity contribution in [3.63, 3.8) is 0 Å². The number of nitrogens with zero attached hydrogens (tertiary/aromatic N) is 2. The molecule has 0 aromatic heterocycles. The third kappa shape index (κ3) is 7.35. The van der Waals surface area contributed by atoms with Crippen molar-refractivity contribution in [2.24, 2.45) is 0 Å². The molecule has 7 nitrogen and oxygen atoms in total. The van der Waals surface area contributed by atoms with E-state index in [1.54, 1.807) is 56.3 Å². The summed E-state index contributed by atoms with van der Waals surface area (Å²) in [5.74, 6) is -0.889. The SMILES string of the molecule is Cc1cc(Cl)ccc1N(CC(=O)N(Cc1ccccc1Cl)[C@H](C)C(=O)NC(C)C)S(C)(=O)=O. The van der Waals surface area contributed by atoms with Crippen LogP contribution in [0.3, 0.4) is 0 Å². The minimum atomic E-state index is -3.81. The van der Waals surface area contributed by atoms with Crippen molar-refractivity contribution in [1.29, 1.82) is 0 Å². The lowest BCUT2D eigenvalue weighted by molar-refractivity contribution is -0.139. The van der Waals surface area contributed by atoms with E-state index in [2.05, 4.69) is 5.32 Å². The fraction of sp³-hybridized carbons (Fsp3) is 0.391. The summed E-state index contributed by atoms with van der Waals surface area (Å²) in [7, 11) is -3.81. The van der Waals surface area contributed by atoms with Crippen LogP contribution in [0.1, 0.15) is 31.9 Å². The number of rotatable bonds is 9. The topological polar surface area (TPSA) is 86.8 Å². The summed E-state index contributed by atoms with van der Waals surface area (Å²) < 4.78 is 26.2. The van der Waals surface area contributed by atoms with E-state index >= 15 is 0 Å². The molecule has 0 aliphatic rings. The highest BCUT2D eigenvalue weighted by Crippen LogP contribution is 2.26. The molecule has 0 saturated heterocycles. The lowest BCUT2D eigenvalue weighted by Gasteiger charge is -2.32. The molecule has 180 valence electrons. The van der Waals surface area contributed by atoms with Crippen LogP contribution in [0, 0.1) is 6.92 Å². The summed E-state index contributed by atoms with van der Waals surface area (Å²) in [6.07, 6.45) is 1.03. The van der Waals surface area contributed by atoms with Gasteiger partial charge in [-0.1, -0.05) is 41.4 Å². The van der Waals surface area contributed by atoms with Crippen molar-refractivity contribution < 1.29 is 18.0 Å². The van der Waals surface area contributed by atoms with Gasteiger partial charge in [-0.25, -0.2) is 8.42 Å². The number of sulfonamides is 1. The van der Waals surface area contributed by atoms with E-state index in [-0.39, 0.29) is 18.5 Å². The Morgan fingerprint density at radius 2 is 1.70 bits per heavy atom. The van der Waals surface area contributed by atoms with Crippen LogP contribution >= 0.6 is 23.2 Å². The van der Waals surface area contributed by atoms with Crippen LogP contribution in [0.5, 0.6) is 0 Å². The summed E-state index contributed by atoms with van der Waals surface area (Å²) in [6, 6.07) is 10.8. The number of amides is 2. The summed E-state index contributed by atoms with van der Waals surface area (Å²) in [5.41, 5.74) is 1.58. The Kier molecular flexibility index (Phi) is 9.17. The van der Waals surface area contributed by atoms with Gasteiger partial charge in [0.25, 0.3) is 0 Å². The zero-order valence-corrected chi connectivity index (χ0v) is 21.6. The van der Waals surface area contributed by atoms with Crippen molar-refractivity contribution in [3.8, 4) is 0 Å². The molecule has 10 heteroatoms. The van der Waals surface area contributed by atoms with E-state index in [0.29, 0.717) is 26.9 Å². The molecule has 33 heavy (non-hydrogen) atoms. The molecule has 2 rings (SSSR count). The van der Waals surface area contributed by atoms with Crippen molar-refractivity contribution in [3.05, 3.63) is 63.6 Å². The largest absolute Gasteiger partial charge is 0.352 e. The predicted molar refractivity (Wildman–Crippen MR) is 133 cm³/mol. The number of aryl methyl sites for hydroxylation is 1. The Labute approximate surface area is 205 Å². The van der Waals surface area contributed by atoms with Gasteiger partial charge in [-0.2, -0.15) is 0 Å². The molecule has 0 aliphatic heterocycles. The van der Waals surface area contributed by atoms with Crippen LogP contribution in [0.15, 0.2) is 42.5 Å². The quantitative estimate of drug-likeness (QED) is 0.548. The molecule has 2 aromatic carbocycles. The van der Waals surface area contributed by atoms with Gasteiger partial charge in [0.1, 0.15) is 12.6 Å². The smallest absolute Gasteiger partial charge is 0.244 e. The van der Waals surface area contributed by atoms with Gasteiger partial charge >= 0.3 is 0 Å². The molecule has 1 N–H and O–H groups in total. The van der Waals surface area contributed by atoms with Crippen molar-refractivity contribution >= 4 is 50.7 Å². The maximum atomic E-state index is 13.5. The van der Waals surface area contributed by atoms with Gasteiger partial charge < -0.3 is 10.2 Å². The fourth-order valence-electron chi connectivity index (χ4n) is 3.29. The van der Waals surface area contributed by atoms with Crippen LogP contribution in [0.4, 0.5) is 5.69 Å². The highest BCUT2D eigenvalue weighted by atomic mass is 35.5. The number of benzene rings is 2. The highest BCUT2D eigenvalue weighted by molar-refractivity contribution is 7.92. The standard InChI is InChI=1S/C23H29Cl2N3O4S/c1-15(2)26-23(30)17(4)27(13-18-8-6-7-9-20(18)25)22(29)14-28(33(5,31)32)21-11-10-19(24)12-16(21)3/h6-12,15,17H,13-14H2,1-5H3,(H,26,30)/t17-/m1/s1. The van der Waals surface area contributed by atoms with Crippen LogP contribution in [-0.4, -0.2) is 50.0 Å². The molecular formula is C23H29Cl2N3O4S.